The molecule has 0 amide bonds. The summed E-state index contributed by atoms with van der Waals surface area (Å²) in [5.41, 5.74) is 1.03. The van der Waals surface area contributed by atoms with Crippen molar-refractivity contribution in [3.8, 4) is 5.75 Å². The maximum Gasteiger partial charge on any atom is 0.118 e. The van der Waals surface area contributed by atoms with Gasteiger partial charge in [-0.2, -0.15) is 0 Å². The van der Waals surface area contributed by atoms with E-state index >= 15 is 0 Å². The van der Waals surface area contributed by atoms with Gasteiger partial charge in [0.15, 0.2) is 0 Å². The van der Waals surface area contributed by atoms with Crippen LogP contribution in [0.1, 0.15) is 72.3 Å². The van der Waals surface area contributed by atoms with Crippen LogP contribution in [0, 0.1) is 5.41 Å². The molecule has 0 aromatic heterocycles. The standard InChI is InChI=1S/C17H29NO2.C5H12/c1-6-12-17(19,7-2)16(13-18(3)4)14-8-10-15(20-5)11-9-14;1-5(2,3)4/h8-11,16,19H,6-7,12-13H2,1-5H3;1-4H3. The number of methoxy groups -OCH3 is 1. The van der Waals surface area contributed by atoms with Crippen LogP contribution in [0.5, 0.6) is 5.75 Å². The molecule has 146 valence electrons. The third-order valence-electron chi connectivity index (χ3n) is 4.01. The summed E-state index contributed by atoms with van der Waals surface area (Å²) < 4.78 is 5.22. The second-order valence-corrected chi connectivity index (χ2v) is 8.80. The van der Waals surface area contributed by atoms with E-state index in [4.69, 9.17) is 4.74 Å². The van der Waals surface area contributed by atoms with Crippen molar-refractivity contribution in [1.29, 1.82) is 0 Å². The number of hydrogen-bond acceptors (Lipinski definition) is 3. The molecule has 3 heteroatoms. The highest BCUT2D eigenvalue weighted by Crippen LogP contribution is 2.36. The van der Waals surface area contributed by atoms with Crippen LogP contribution in [0.3, 0.4) is 0 Å². The van der Waals surface area contributed by atoms with E-state index in [1.165, 1.54) is 5.56 Å². The lowest BCUT2D eigenvalue weighted by Crippen LogP contribution is -2.40. The van der Waals surface area contributed by atoms with Gasteiger partial charge in [-0.15, -0.1) is 0 Å². The third-order valence-corrected chi connectivity index (χ3v) is 4.01. The minimum absolute atomic E-state index is 0.119. The lowest BCUT2D eigenvalue weighted by Gasteiger charge is -2.37. The van der Waals surface area contributed by atoms with Gasteiger partial charge in [-0.25, -0.2) is 0 Å². The number of aliphatic hydroxyl groups is 1. The molecule has 2 atom stereocenters. The second kappa shape index (κ2) is 10.8. The Labute approximate surface area is 156 Å². The topological polar surface area (TPSA) is 32.7 Å². The molecule has 1 aromatic rings. The molecular formula is C22H41NO2. The number of likely N-dealkylation sites (N-methyl/N-ethyl adjacent to an activating group) is 1. The van der Waals surface area contributed by atoms with Gasteiger partial charge in [0.25, 0.3) is 0 Å². The molecule has 0 aliphatic carbocycles. The van der Waals surface area contributed by atoms with E-state index in [0.29, 0.717) is 5.41 Å². The molecule has 0 spiro atoms. The highest BCUT2D eigenvalue weighted by Gasteiger charge is 2.35. The van der Waals surface area contributed by atoms with Crippen LogP contribution in [0.25, 0.3) is 0 Å². The molecule has 0 saturated carbocycles. The van der Waals surface area contributed by atoms with Gasteiger partial charge in [-0.1, -0.05) is 60.1 Å². The van der Waals surface area contributed by atoms with Gasteiger partial charge >= 0.3 is 0 Å². The normalized spacial score (nSPS) is 15.2. The van der Waals surface area contributed by atoms with Crippen LogP contribution in [0.15, 0.2) is 24.3 Å². The van der Waals surface area contributed by atoms with Crippen molar-refractivity contribution in [2.24, 2.45) is 5.41 Å². The summed E-state index contributed by atoms with van der Waals surface area (Å²) in [5.74, 6) is 0.973. The number of benzene rings is 1. The van der Waals surface area contributed by atoms with Crippen LogP contribution >= 0.6 is 0 Å². The van der Waals surface area contributed by atoms with Crippen molar-refractivity contribution in [3.05, 3.63) is 29.8 Å². The summed E-state index contributed by atoms with van der Waals surface area (Å²) in [6, 6.07) is 8.09. The Morgan fingerprint density at radius 3 is 1.84 bits per heavy atom. The van der Waals surface area contributed by atoms with Gasteiger partial charge in [0.2, 0.25) is 0 Å². The average molecular weight is 352 g/mol. The van der Waals surface area contributed by atoms with E-state index in [1.807, 2.05) is 12.1 Å². The average Bonchev–Trinajstić information content (AvgIpc) is 2.51. The first-order valence-corrected chi connectivity index (χ1v) is 9.47. The molecule has 1 N–H and O–H groups in total. The smallest absolute Gasteiger partial charge is 0.118 e. The zero-order chi connectivity index (χ0) is 19.7. The molecule has 3 nitrogen and oxygen atoms in total. The Kier molecular flexibility index (Phi) is 10.4. The summed E-state index contributed by atoms with van der Waals surface area (Å²) >= 11 is 0. The fourth-order valence-corrected chi connectivity index (χ4v) is 2.82. The lowest BCUT2D eigenvalue weighted by atomic mass is 9.77. The van der Waals surface area contributed by atoms with E-state index in [0.717, 1.165) is 31.6 Å². The quantitative estimate of drug-likeness (QED) is 0.687. The number of hydrogen-bond donors (Lipinski definition) is 1. The van der Waals surface area contributed by atoms with E-state index in [9.17, 15) is 5.11 Å². The number of nitrogens with zero attached hydrogens (tertiary/aromatic N) is 1. The van der Waals surface area contributed by atoms with Crippen molar-refractivity contribution in [2.75, 3.05) is 27.7 Å². The molecule has 0 saturated heterocycles. The zero-order valence-corrected chi connectivity index (χ0v) is 18.0. The highest BCUT2D eigenvalue weighted by molar-refractivity contribution is 5.31. The lowest BCUT2D eigenvalue weighted by molar-refractivity contribution is -0.00810. The highest BCUT2D eigenvalue weighted by atomic mass is 16.5. The fraction of sp³-hybridized carbons (Fsp3) is 0.727. The van der Waals surface area contributed by atoms with Crippen LogP contribution in [0.2, 0.25) is 0 Å². The SMILES string of the molecule is CC(C)(C)C.CCCC(O)(CC)C(CN(C)C)c1ccc(OC)cc1. The number of rotatable bonds is 8. The molecule has 0 aliphatic rings. The summed E-state index contributed by atoms with van der Waals surface area (Å²) in [6.07, 6.45) is 2.59. The van der Waals surface area contributed by atoms with E-state index < -0.39 is 5.60 Å². The van der Waals surface area contributed by atoms with E-state index in [1.54, 1.807) is 7.11 Å². The molecule has 1 rings (SSSR count). The molecule has 1 aromatic carbocycles. The van der Waals surface area contributed by atoms with Gasteiger partial charge in [-0.3, -0.25) is 0 Å². The Balaban J connectivity index is 0.00000101. The summed E-state index contributed by atoms with van der Waals surface area (Å²) in [6.45, 7) is 13.8. The van der Waals surface area contributed by atoms with Gasteiger partial charge < -0.3 is 14.7 Å². The van der Waals surface area contributed by atoms with Crippen LogP contribution in [0.4, 0.5) is 0 Å². The van der Waals surface area contributed by atoms with Gasteiger partial charge in [-0.05, 0) is 50.0 Å². The predicted molar refractivity (Wildman–Crippen MR) is 110 cm³/mol. The molecule has 0 aliphatic heterocycles. The number of ether oxygens (including phenoxy) is 1. The molecular weight excluding hydrogens is 310 g/mol. The van der Waals surface area contributed by atoms with Gasteiger partial charge in [0.1, 0.15) is 5.75 Å². The third kappa shape index (κ3) is 9.86. The van der Waals surface area contributed by atoms with Gasteiger partial charge in [0, 0.05) is 12.5 Å². The Bertz CT molecular complexity index is 456. The van der Waals surface area contributed by atoms with Crippen LogP contribution in [-0.2, 0) is 0 Å². The van der Waals surface area contributed by atoms with E-state index in [2.05, 4.69) is 72.7 Å². The van der Waals surface area contributed by atoms with Gasteiger partial charge in [0.05, 0.1) is 12.7 Å². The predicted octanol–water partition coefficient (Wildman–Crippen LogP) is 5.33. The second-order valence-electron chi connectivity index (χ2n) is 8.80. The van der Waals surface area contributed by atoms with Crippen LogP contribution < -0.4 is 4.74 Å². The Morgan fingerprint density at radius 1 is 1.04 bits per heavy atom. The van der Waals surface area contributed by atoms with Crippen molar-refractivity contribution >= 4 is 0 Å². The molecule has 0 bridgehead atoms. The van der Waals surface area contributed by atoms with Crippen LogP contribution in [-0.4, -0.2) is 43.4 Å². The van der Waals surface area contributed by atoms with Crippen molar-refractivity contribution in [2.45, 2.75) is 72.3 Å². The molecule has 25 heavy (non-hydrogen) atoms. The minimum atomic E-state index is -0.645. The molecule has 2 unspecified atom stereocenters. The molecule has 0 radical (unpaired) electrons. The summed E-state index contributed by atoms with van der Waals surface area (Å²) in [5, 5.41) is 11.1. The maximum atomic E-state index is 11.1. The summed E-state index contributed by atoms with van der Waals surface area (Å²) in [4.78, 5) is 2.14. The van der Waals surface area contributed by atoms with Crippen molar-refractivity contribution in [1.82, 2.24) is 4.90 Å². The maximum absolute atomic E-state index is 11.1. The molecule has 0 heterocycles. The Hall–Kier alpha value is -1.06. The molecule has 0 fully saturated rings. The Morgan fingerprint density at radius 2 is 1.52 bits per heavy atom. The fourth-order valence-electron chi connectivity index (χ4n) is 2.82. The first kappa shape index (κ1) is 23.9. The largest absolute Gasteiger partial charge is 0.497 e. The van der Waals surface area contributed by atoms with E-state index in [-0.39, 0.29) is 5.92 Å². The summed E-state index contributed by atoms with van der Waals surface area (Å²) in [7, 11) is 5.78. The first-order chi connectivity index (χ1) is 11.5. The van der Waals surface area contributed by atoms with Crippen molar-refractivity contribution < 1.29 is 9.84 Å². The van der Waals surface area contributed by atoms with Crippen molar-refractivity contribution in [3.63, 3.8) is 0 Å². The minimum Gasteiger partial charge on any atom is -0.497 e. The first-order valence-electron chi connectivity index (χ1n) is 9.47. The zero-order valence-electron chi connectivity index (χ0n) is 18.0. The monoisotopic (exact) mass is 351 g/mol.